The van der Waals surface area contributed by atoms with E-state index in [9.17, 15) is 4.79 Å². The molecule has 0 aromatic rings. The van der Waals surface area contributed by atoms with Crippen LogP contribution in [0, 0.1) is 0 Å². The first-order chi connectivity index (χ1) is 4.72. The summed E-state index contributed by atoms with van der Waals surface area (Å²) in [5.41, 5.74) is 0. The lowest BCUT2D eigenvalue weighted by molar-refractivity contribution is -0.127. The molecule has 0 fully saturated rings. The third-order valence-electron chi connectivity index (χ3n) is 1.26. The van der Waals surface area contributed by atoms with E-state index >= 15 is 0 Å². The Morgan fingerprint density at radius 1 is 1.50 bits per heavy atom. The maximum atomic E-state index is 10.9. The van der Waals surface area contributed by atoms with Crippen molar-refractivity contribution < 1.29 is 4.79 Å². The Morgan fingerprint density at radius 3 is 2.50 bits per heavy atom. The average Bonchev–Trinajstić information content (AvgIpc) is 1.98. The van der Waals surface area contributed by atoms with Crippen molar-refractivity contribution in [3.05, 3.63) is 12.3 Å². The van der Waals surface area contributed by atoms with Gasteiger partial charge in [-0.2, -0.15) is 0 Å². The minimum absolute atomic E-state index is 0.157. The van der Waals surface area contributed by atoms with Crippen LogP contribution in [0.3, 0.4) is 0 Å². The van der Waals surface area contributed by atoms with Crippen LogP contribution in [0.15, 0.2) is 12.3 Å². The summed E-state index contributed by atoms with van der Waals surface area (Å²) in [6, 6.07) is 0. The van der Waals surface area contributed by atoms with Gasteiger partial charge in [-0.3, -0.25) is 4.79 Å². The zero-order chi connectivity index (χ0) is 7.98. The maximum Gasteiger partial charge on any atom is 0.225 e. The Kier molecular flexibility index (Phi) is 4.63. The number of hydrogen-bond acceptors (Lipinski definition) is 1. The number of carbonyl (C=O) groups excluding carboxylic acids is 1. The molecule has 0 rings (SSSR count). The molecular weight excluding hydrogens is 126 g/mol. The average molecular weight is 141 g/mol. The number of nitrogens with zero attached hydrogens (tertiary/aromatic N) is 1. The van der Waals surface area contributed by atoms with Crippen LogP contribution in [-0.4, -0.2) is 17.9 Å². The van der Waals surface area contributed by atoms with Crippen LogP contribution in [0.25, 0.3) is 0 Å². The minimum Gasteiger partial charge on any atom is -0.322 e. The standard InChI is InChI=1S/C8H15NO/c1-4-6-7-9(3)8(10)5-2/h6-7H,4-5H2,1-3H3/b7-6-. The fourth-order valence-corrected chi connectivity index (χ4v) is 0.596. The van der Waals surface area contributed by atoms with Crippen LogP contribution in [0.2, 0.25) is 0 Å². The van der Waals surface area contributed by atoms with E-state index in [0.717, 1.165) is 6.42 Å². The molecule has 0 saturated carbocycles. The van der Waals surface area contributed by atoms with Crippen molar-refractivity contribution in [3.63, 3.8) is 0 Å². The second-order valence-electron chi connectivity index (χ2n) is 2.15. The lowest BCUT2D eigenvalue weighted by atomic mass is 10.4. The predicted octanol–water partition coefficient (Wildman–Crippen LogP) is 1.78. The van der Waals surface area contributed by atoms with Crippen LogP contribution in [-0.2, 0) is 4.79 Å². The first-order valence-corrected chi connectivity index (χ1v) is 3.64. The summed E-state index contributed by atoms with van der Waals surface area (Å²) in [5, 5.41) is 0. The first-order valence-electron chi connectivity index (χ1n) is 3.64. The van der Waals surface area contributed by atoms with E-state index in [4.69, 9.17) is 0 Å². The van der Waals surface area contributed by atoms with E-state index in [-0.39, 0.29) is 5.91 Å². The van der Waals surface area contributed by atoms with Crippen molar-refractivity contribution >= 4 is 5.91 Å². The molecular formula is C8H15NO. The topological polar surface area (TPSA) is 20.3 Å². The predicted molar refractivity (Wildman–Crippen MR) is 42.5 cm³/mol. The van der Waals surface area contributed by atoms with Crippen LogP contribution in [0.1, 0.15) is 26.7 Å². The summed E-state index contributed by atoms with van der Waals surface area (Å²) in [6.45, 7) is 3.90. The molecule has 0 aromatic heterocycles. The van der Waals surface area contributed by atoms with E-state index in [1.165, 1.54) is 0 Å². The largest absolute Gasteiger partial charge is 0.322 e. The highest BCUT2D eigenvalue weighted by molar-refractivity contribution is 5.76. The molecule has 58 valence electrons. The van der Waals surface area contributed by atoms with Crippen molar-refractivity contribution in [2.75, 3.05) is 7.05 Å². The van der Waals surface area contributed by atoms with E-state index in [2.05, 4.69) is 0 Å². The Bertz CT molecular complexity index is 129. The Labute approximate surface area is 62.5 Å². The van der Waals surface area contributed by atoms with Gasteiger partial charge in [-0.05, 0) is 6.42 Å². The van der Waals surface area contributed by atoms with Gasteiger partial charge >= 0.3 is 0 Å². The fraction of sp³-hybridized carbons (Fsp3) is 0.625. The van der Waals surface area contributed by atoms with E-state index in [1.807, 2.05) is 26.1 Å². The zero-order valence-electron chi connectivity index (χ0n) is 6.92. The van der Waals surface area contributed by atoms with Gasteiger partial charge in [0.2, 0.25) is 5.91 Å². The molecule has 2 nitrogen and oxygen atoms in total. The molecule has 0 N–H and O–H groups in total. The second-order valence-corrected chi connectivity index (χ2v) is 2.15. The lowest BCUT2D eigenvalue weighted by Crippen LogP contribution is -2.19. The summed E-state index contributed by atoms with van der Waals surface area (Å²) in [6.07, 6.45) is 5.32. The van der Waals surface area contributed by atoms with Gasteiger partial charge in [0.15, 0.2) is 0 Å². The van der Waals surface area contributed by atoms with Crippen LogP contribution >= 0.6 is 0 Å². The normalized spacial score (nSPS) is 10.3. The Hall–Kier alpha value is -0.790. The molecule has 0 radical (unpaired) electrons. The van der Waals surface area contributed by atoms with Crippen LogP contribution in [0.5, 0.6) is 0 Å². The minimum atomic E-state index is 0.157. The smallest absolute Gasteiger partial charge is 0.225 e. The number of hydrogen-bond donors (Lipinski definition) is 0. The van der Waals surface area contributed by atoms with Gasteiger partial charge in [0, 0.05) is 19.7 Å². The Balaban J connectivity index is 3.72. The first kappa shape index (κ1) is 9.21. The quantitative estimate of drug-likeness (QED) is 0.586. The summed E-state index contributed by atoms with van der Waals surface area (Å²) in [4.78, 5) is 12.5. The molecule has 2 heteroatoms. The number of rotatable bonds is 3. The highest BCUT2D eigenvalue weighted by Gasteiger charge is 1.98. The molecule has 0 aliphatic rings. The van der Waals surface area contributed by atoms with Gasteiger partial charge in [0.25, 0.3) is 0 Å². The van der Waals surface area contributed by atoms with Crippen molar-refractivity contribution in [1.29, 1.82) is 0 Å². The monoisotopic (exact) mass is 141 g/mol. The lowest BCUT2D eigenvalue weighted by Gasteiger charge is -2.08. The number of allylic oxidation sites excluding steroid dienone is 1. The zero-order valence-corrected chi connectivity index (χ0v) is 6.92. The number of carbonyl (C=O) groups is 1. The molecule has 0 saturated heterocycles. The summed E-state index contributed by atoms with van der Waals surface area (Å²) in [5.74, 6) is 0.157. The van der Waals surface area contributed by atoms with Gasteiger partial charge in [-0.1, -0.05) is 19.9 Å². The van der Waals surface area contributed by atoms with Crippen molar-refractivity contribution in [1.82, 2.24) is 4.90 Å². The molecule has 0 bridgehead atoms. The van der Waals surface area contributed by atoms with Gasteiger partial charge in [0.1, 0.15) is 0 Å². The molecule has 0 aliphatic heterocycles. The van der Waals surface area contributed by atoms with Crippen LogP contribution in [0.4, 0.5) is 0 Å². The highest BCUT2D eigenvalue weighted by atomic mass is 16.2. The molecule has 0 aliphatic carbocycles. The van der Waals surface area contributed by atoms with E-state index in [1.54, 1.807) is 11.9 Å². The summed E-state index contributed by atoms with van der Waals surface area (Å²) < 4.78 is 0. The molecule has 10 heavy (non-hydrogen) atoms. The molecule has 1 amide bonds. The SMILES string of the molecule is CC/C=C\N(C)C(=O)CC. The van der Waals surface area contributed by atoms with Crippen molar-refractivity contribution in [2.24, 2.45) is 0 Å². The third kappa shape index (κ3) is 3.28. The third-order valence-corrected chi connectivity index (χ3v) is 1.26. The summed E-state index contributed by atoms with van der Waals surface area (Å²) in [7, 11) is 1.78. The molecule has 0 aromatic carbocycles. The van der Waals surface area contributed by atoms with Crippen molar-refractivity contribution in [2.45, 2.75) is 26.7 Å². The van der Waals surface area contributed by atoms with Gasteiger partial charge in [0.05, 0.1) is 0 Å². The maximum absolute atomic E-state index is 10.9. The molecule has 0 heterocycles. The molecule has 0 unspecified atom stereocenters. The Morgan fingerprint density at radius 2 is 2.10 bits per heavy atom. The van der Waals surface area contributed by atoms with Gasteiger partial charge < -0.3 is 4.90 Å². The molecule has 0 atom stereocenters. The molecule has 0 spiro atoms. The van der Waals surface area contributed by atoms with E-state index < -0.39 is 0 Å². The second kappa shape index (κ2) is 5.03. The van der Waals surface area contributed by atoms with Gasteiger partial charge in [-0.25, -0.2) is 0 Å². The van der Waals surface area contributed by atoms with Gasteiger partial charge in [-0.15, -0.1) is 0 Å². The fourth-order valence-electron chi connectivity index (χ4n) is 0.596. The summed E-state index contributed by atoms with van der Waals surface area (Å²) >= 11 is 0. The van der Waals surface area contributed by atoms with E-state index in [0.29, 0.717) is 6.42 Å². The van der Waals surface area contributed by atoms with Crippen LogP contribution < -0.4 is 0 Å². The number of amides is 1. The highest BCUT2D eigenvalue weighted by Crippen LogP contribution is 1.91. The van der Waals surface area contributed by atoms with Crippen molar-refractivity contribution in [3.8, 4) is 0 Å².